The maximum absolute atomic E-state index is 5.75. The van der Waals surface area contributed by atoms with Crippen LogP contribution in [-0.4, -0.2) is 23.5 Å². The Hall–Kier alpha value is -1.55. The van der Waals surface area contributed by atoms with Crippen molar-refractivity contribution in [2.24, 2.45) is 5.73 Å². The number of pyridine rings is 1. The summed E-state index contributed by atoms with van der Waals surface area (Å²) in [4.78, 5) is 6.55. The first kappa shape index (κ1) is 9.98. The van der Waals surface area contributed by atoms with Crippen LogP contribution in [0.1, 0.15) is 11.4 Å². The molecule has 0 bridgehead atoms. The van der Waals surface area contributed by atoms with Crippen LogP contribution >= 0.6 is 0 Å². The molecule has 2 aromatic heterocycles. The van der Waals surface area contributed by atoms with E-state index in [2.05, 4.69) is 20.4 Å². The molecule has 80 valence electrons. The van der Waals surface area contributed by atoms with Crippen LogP contribution in [-0.2, 0) is 6.54 Å². The average Bonchev–Trinajstić information content (AvgIpc) is 2.52. The number of aryl methyl sites for hydroxylation is 1. The third kappa shape index (κ3) is 1.47. The van der Waals surface area contributed by atoms with Gasteiger partial charge in [0.15, 0.2) is 0 Å². The van der Waals surface area contributed by atoms with E-state index in [1.807, 2.05) is 33.2 Å². The minimum absolute atomic E-state index is 0.512. The van der Waals surface area contributed by atoms with Crippen molar-refractivity contribution in [1.82, 2.24) is 9.38 Å². The van der Waals surface area contributed by atoms with Crippen molar-refractivity contribution >= 4 is 11.5 Å². The number of anilines is 1. The maximum Gasteiger partial charge on any atom is 0.138 e. The molecule has 0 saturated carbocycles. The van der Waals surface area contributed by atoms with Crippen molar-refractivity contribution in [2.45, 2.75) is 13.5 Å². The van der Waals surface area contributed by atoms with Crippen LogP contribution in [0.5, 0.6) is 0 Å². The Kier molecular flexibility index (Phi) is 2.36. The van der Waals surface area contributed by atoms with Crippen LogP contribution in [0.15, 0.2) is 18.2 Å². The van der Waals surface area contributed by atoms with Crippen LogP contribution in [0.25, 0.3) is 5.65 Å². The van der Waals surface area contributed by atoms with Gasteiger partial charge < -0.3 is 10.6 Å². The third-order valence-corrected chi connectivity index (χ3v) is 2.57. The monoisotopic (exact) mass is 204 g/mol. The summed E-state index contributed by atoms with van der Waals surface area (Å²) in [6.07, 6.45) is 0. The highest BCUT2D eigenvalue weighted by Crippen LogP contribution is 2.19. The molecule has 0 unspecified atom stereocenters. The van der Waals surface area contributed by atoms with Gasteiger partial charge in [0.1, 0.15) is 11.5 Å². The minimum Gasteiger partial charge on any atom is -0.364 e. The summed E-state index contributed by atoms with van der Waals surface area (Å²) in [7, 11) is 4.04. The van der Waals surface area contributed by atoms with E-state index < -0.39 is 0 Å². The lowest BCUT2D eigenvalue weighted by molar-refractivity contribution is 0.918. The van der Waals surface area contributed by atoms with Crippen LogP contribution in [0.2, 0.25) is 0 Å². The molecule has 0 radical (unpaired) electrons. The van der Waals surface area contributed by atoms with E-state index in [9.17, 15) is 0 Å². The molecule has 2 rings (SSSR count). The summed E-state index contributed by atoms with van der Waals surface area (Å²) in [5.41, 5.74) is 8.79. The van der Waals surface area contributed by atoms with Crippen molar-refractivity contribution in [2.75, 3.05) is 19.0 Å². The van der Waals surface area contributed by atoms with Gasteiger partial charge in [0.05, 0.1) is 11.4 Å². The van der Waals surface area contributed by atoms with Crippen molar-refractivity contribution < 1.29 is 0 Å². The summed E-state index contributed by atoms with van der Waals surface area (Å²) in [5.74, 6) is 1.11. The molecule has 2 N–H and O–H groups in total. The molecule has 2 aromatic rings. The number of fused-ring (bicyclic) bond motifs is 1. The summed E-state index contributed by atoms with van der Waals surface area (Å²) < 4.78 is 2.11. The molecule has 0 aromatic carbocycles. The van der Waals surface area contributed by atoms with Crippen LogP contribution in [0.3, 0.4) is 0 Å². The van der Waals surface area contributed by atoms with E-state index in [0.29, 0.717) is 6.54 Å². The fourth-order valence-corrected chi connectivity index (χ4v) is 1.84. The second-order valence-corrected chi connectivity index (χ2v) is 3.82. The van der Waals surface area contributed by atoms with E-state index >= 15 is 0 Å². The molecule has 15 heavy (non-hydrogen) atoms. The summed E-state index contributed by atoms with van der Waals surface area (Å²) in [6.45, 7) is 2.51. The van der Waals surface area contributed by atoms with Gasteiger partial charge in [-0.15, -0.1) is 0 Å². The Morgan fingerprint density at radius 1 is 1.40 bits per heavy atom. The number of rotatable bonds is 2. The Balaban J connectivity index is 2.81. The van der Waals surface area contributed by atoms with Gasteiger partial charge >= 0.3 is 0 Å². The predicted molar refractivity (Wildman–Crippen MR) is 62.1 cm³/mol. The number of imidazole rings is 1. The second-order valence-electron chi connectivity index (χ2n) is 3.82. The SMILES string of the molecule is Cc1nc2cccc(N(C)C)n2c1CN. The smallest absolute Gasteiger partial charge is 0.138 e. The van der Waals surface area contributed by atoms with Gasteiger partial charge in [0, 0.05) is 20.6 Å². The molecule has 0 fully saturated rings. The van der Waals surface area contributed by atoms with E-state index in [1.165, 1.54) is 0 Å². The zero-order valence-corrected chi connectivity index (χ0v) is 9.36. The van der Waals surface area contributed by atoms with E-state index in [-0.39, 0.29) is 0 Å². The van der Waals surface area contributed by atoms with Crippen molar-refractivity contribution in [1.29, 1.82) is 0 Å². The largest absolute Gasteiger partial charge is 0.364 e. The molecular formula is C11H16N4. The van der Waals surface area contributed by atoms with E-state index in [1.54, 1.807) is 0 Å². The maximum atomic E-state index is 5.75. The lowest BCUT2D eigenvalue weighted by atomic mass is 10.3. The zero-order chi connectivity index (χ0) is 11.0. The van der Waals surface area contributed by atoms with Crippen molar-refractivity contribution in [3.05, 3.63) is 29.6 Å². The predicted octanol–water partition coefficient (Wildman–Crippen LogP) is 1.17. The van der Waals surface area contributed by atoms with Gasteiger partial charge in [-0.05, 0) is 19.1 Å². The summed E-state index contributed by atoms with van der Waals surface area (Å²) in [6, 6.07) is 6.07. The Bertz CT molecular complexity index is 485. The zero-order valence-electron chi connectivity index (χ0n) is 9.36. The fraction of sp³-hybridized carbons (Fsp3) is 0.364. The molecule has 0 aliphatic heterocycles. The highest BCUT2D eigenvalue weighted by molar-refractivity contribution is 5.54. The molecule has 2 heterocycles. The minimum atomic E-state index is 0.512. The summed E-state index contributed by atoms with van der Waals surface area (Å²) in [5, 5.41) is 0. The highest BCUT2D eigenvalue weighted by atomic mass is 15.2. The van der Waals surface area contributed by atoms with Crippen molar-refractivity contribution in [3.8, 4) is 0 Å². The number of hydrogen-bond donors (Lipinski definition) is 1. The molecule has 0 amide bonds. The van der Waals surface area contributed by atoms with Crippen LogP contribution in [0.4, 0.5) is 5.82 Å². The second kappa shape index (κ2) is 3.55. The summed E-state index contributed by atoms with van der Waals surface area (Å²) >= 11 is 0. The van der Waals surface area contributed by atoms with Gasteiger partial charge in [0.25, 0.3) is 0 Å². The fourth-order valence-electron chi connectivity index (χ4n) is 1.84. The van der Waals surface area contributed by atoms with Crippen LogP contribution < -0.4 is 10.6 Å². The molecule has 0 spiro atoms. The Morgan fingerprint density at radius 2 is 2.13 bits per heavy atom. The molecule has 4 heteroatoms. The Morgan fingerprint density at radius 3 is 2.73 bits per heavy atom. The number of hydrogen-bond acceptors (Lipinski definition) is 3. The number of nitrogens with zero attached hydrogens (tertiary/aromatic N) is 3. The topological polar surface area (TPSA) is 46.6 Å². The Labute approximate surface area is 89.3 Å². The number of nitrogens with two attached hydrogens (primary N) is 1. The molecule has 0 aliphatic rings. The number of aromatic nitrogens is 2. The molecule has 4 nitrogen and oxygen atoms in total. The lowest BCUT2D eigenvalue weighted by Gasteiger charge is -2.15. The van der Waals surface area contributed by atoms with Gasteiger partial charge in [0.2, 0.25) is 0 Å². The normalized spacial score (nSPS) is 10.9. The highest BCUT2D eigenvalue weighted by Gasteiger charge is 2.10. The first-order chi connectivity index (χ1) is 7.15. The molecule has 0 saturated heterocycles. The molecule has 0 atom stereocenters. The quantitative estimate of drug-likeness (QED) is 0.798. The van der Waals surface area contributed by atoms with Gasteiger partial charge in [-0.2, -0.15) is 0 Å². The van der Waals surface area contributed by atoms with E-state index in [4.69, 9.17) is 5.73 Å². The molecular weight excluding hydrogens is 188 g/mol. The van der Waals surface area contributed by atoms with Gasteiger partial charge in [-0.1, -0.05) is 6.07 Å². The van der Waals surface area contributed by atoms with Crippen molar-refractivity contribution in [3.63, 3.8) is 0 Å². The first-order valence-corrected chi connectivity index (χ1v) is 4.99. The third-order valence-electron chi connectivity index (χ3n) is 2.57. The first-order valence-electron chi connectivity index (χ1n) is 4.99. The molecule has 0 aliphatic carbocycles. The van der Waals surface area contributed by atoms with Gasteiger partial charge in [-0.25, -0.2) is 4.98 Å². The van der Waals surface area contributed by atoms with Crippen LogP contribution in [0, 0.1) is 6.92 Å². The van der Waals surface area contributed by atoms with E-state index in [0.717, 1.165) is 22.9 Å². The van der Waals surface area contributed by atoms with Gasteiger partial charge in [-0.3, -0.25) is 4.40 Å². The average molecular weight is 204 g/mol. The standard InChI is InChI=1S/C11H16N4/c1-8-9(7-12)15-10(13-8)5-4-6-11(15)14(2)3/h4-6H,7,12H2,1-3H3. The lowest BCUT2D eigenvalue weighted by Crippen LogP contribution is -2.15.